The van der Waals surface area contributed by atoms with Gasteiger partial charge in [-0.3, -0.25) is 0 Å². The van der Waals surface area contributed by atoms with Crippen molar-refractivity contribution in [2.75, 3.05) is 18.1 Å². The van der Waals surface area contributed by atoms with E-state index in [1.807, 2.05) is 0 Å². The fraction of sp³-hybridized carbons (Fsp3) is 0.417. The molecule has 0 fully saturated rings. The van der Waals surface area contributed by atoms with E-state index in [-0.39, 0.29) is 12.4 Å². The van der Waals surface area contributed by atoms with E-state index in [4.69, 9.17) is 0 Å². The van der Waals surface area contributed by atoms with E-state index in [0.717, 1.165) is 4.70 Å². The van der Waals surface area contributed by atoms with Crippen LogP contribution in [0.15, 0.2) is 18.2 Å². The first-order chi connectivity index (χ1) is 8.69. The molecule has 0 amide bonds. The number of fused-ring (bicyclic) bond motifs is 1. The number of thiazole rings is 1. The van der Waals surface area contributed by atoms with Gasteiger partial charge in [-0.25, -0.2) is 17.8 Å². The molecule has 1 aromatic heterocycles. The zero-order valence-electron chi connectivity index (χ0n) is 10.9. The van der Waals surface area contributed by atoms with Gasteiger partial charge in [0.15, 0.2) is 15.0 Å². The predicted octanol–water partition coefficient (Wildman–Crippen LogP) is 2.67. The monoisotopic (exact) mass is 302 g/mol. The summed E-state index contributed by atoms with van der Waals surface area (Å²) in [7, 11) is -3.15. The highest BCUT2D eigenvalue weighted by Crippen LogP contribution is 2.27. The highest BCUT2D eigenvalue weighted by Gasteiger charge is 2.30. The van der Waals surface area contributed by atoms with E-state index >= 15 is 0 Å². The molecule has 0 saturated carbocycles. The van der Waals surface area contributed by atoms with Crippen LogP contribution < -0.4 is 5.32 Å². The molecule has 1 aromatic carbocycles. The van der Waals surface area contributed by atoms with Crippen molar-refractivity contribution in [2.24, 2.45) is 0 Å². The average molecular weight is 302 g/mol. The zero-order valence-corrected chi connectivity index (χ0v) is 12.5. The molecule has 0 aliphatic carbocycles. The fourth-order valence-electron chi connectivity index (χ4n) is 1.40. The molecule has 1 N–H and O–H groups in total. The second-order valence-electron chi connectivity index (χ2n) is 5.02. The van der Waals surface area contributed by atoms with Crippen molar-refractivity contribution in [1.82, 2.24) is 4.98 Å². The van der Waals surface area contributed by atoms with Crippen molar-refractivity contribution >= 4 is 36.5 Å². The lowest BCUT2D eigenvalue weighted by Crippen LogP contribution is -2.38. The summed E-state index contributed by atoms with van der Waals surface area (Å²) < 4.78 is 36.2. The number of sulfone groups is 1. The number of aromatic nitrogens is 1. The Morgan fingerprint density at radius 3 is 2.74 bits per heavy atom. The normalized spacial score (nSPS) is 12.8. The van der Waals surface area contributed by atoms with Crippen LogP contribution in [0.2, 0.25) is 0 Å². The molecule has 0 bridgehead atoms. The van der Waals surface area contributed by atoms with Crippen LogP contribution in [0.25, 0.3) is 10.2 Å². The maximum Gasteiger partial charge on any atom is 0.183 e. The van der Waals surface area contributed by atoms with Gasteiger partial charge in [0, 0.05) is 18.9 Å². The summed E-state index contributed by atoms with van der Waals surface area (Å²) in [5.74, 6) is -0.333. The van der Waals surface area contributed by atoms with Crippen LogP contribution in [0.4, 0.5) is 9.52 Å². The number of rotatable bonds is 4. The lowest BCUT2D eigenvalue weighted by molar-refractivity contribution is 0.560. The van der Waals surface area contributed by atoms with Crippen LogP contribution in [-0.4, -0.2) is 30.9 Å². The number of halogens is 1. The molecule has 1 heterocycles. The zero-order chi connectivity index (χ0) is 14.3. The minimum atomic E-state index is -3.15. The summed E-state index contributed by atoms with van der Waals surface area (Å²) in [4.78, 5) is 4.23. The molecular formula is C12H15FN2O2S2. The average Bonchev–Trinajstić information content (AvgIpc) is 2.67. The second-order valence-corrected chi connectivity index (χ2v) is 8.70. The van der Waals surface area contributed by atoms with Gasteiger partial charge in [-0.1, -0.05) is 11.3 Å². The third-order valence-corrected chi connectivity index (χ3v) is 6.16. The van der Waals surface area contributed by atoms with E-state index in [2.05, 4.69) is 10.3 Å². The van der Waals surface area contributed by atoms with E-state index < -0.39 is 14.6 Å². The minimum absolute atomic E-state index is 0.258. The molecule has 104 valence electrons. The van der Waals surface area contributed by atoms with Crippen molar-refractivity contribution in [2.45, 2.75) is 18.6 Å². The molecule has 0 unspecified atom stereocenters. The number of nitrogens with one attached hydrogen (secondary N) is 1. The van der Waals surface area contributed by atoms with Crippen LogP contribution >= 0.6 is 11.3 Å². The first-order valence-electron chi connectivity index (χ1n) is 5.69. The third-order valence-electron chi connectivity index (χ3n) is 3.02. The van der Waals surface area contributed by atoms with Crippen molar-refractivity contribution in [1.29, 1.82) is 0 Å². The number of hydrogen-bond acceptors (Lipinski definition) is 5. The Labute approximate surface area is 115 Å². The largest absolute Gasteiger partial charge is 0.360 e. The van der Waals surface area contributed by atoms with Gasteiger partial charge in [-0.15, -0.1) is 0 Å². The summed E-state index contributed by atoms with van der Waals surface area (Å²) in [6, 6.07) is 4.40. The van der Waals surface area contributed by atoms with Crippen LogP contribution in [0.3, 0.4) is 0 Å². The summed E-state index contributed by atoms with van der Waals surface area (Å²) in [5.41, 5.74) is 0.574. The van der Waals surface area contributed by atoms with Gasteiger partial charge in [-0.05, 0) is 26.0 Å². The smallest absolute Gasteiger partial charge is 0.183 e. The Morgan fingerprint density at radius 1 is 1.42 bits per heavy atom. The quantitative estimate of drug-likeness (QED) is 0.943. The molecule has 0 aliphatic rings. The standard InChI is InChI=1S/C12H15FN2O2S2/c1-12(2,19(3,16)17)7-14-11-15-9-6-8(13)4-5-10(9)18-11/h4-6H,7H2,1-3H3,(H,14,15). The molecule has 4 nitrogen and oxygen atoms in total. The van der Waals surface area contributed by atoms with Gasteiger partial charge in [0.25, 0.3) is 0 Å². The van der Waals surface area contributed by atoms with Gasteiger partial charge in [0.05, 0.1) is 15.0 Å². The van der Waals surface area contributed by atoms with Crippen LogP contribution in [0.1, 0.15) is 13.8 Å². The highest BCUT2D eigenvalue weighted by atomic mass is 32.2. The fourth-order valence-corrected chi connectivity index (χ4v) is 2.57. The first kappa shape index (κ1) is 14.2. The first-order valence-corrected chi connectivity index (χ1v) is 8.39. The maximum atomic E-state index is 13.0. The maximum absolute atomic E-state index is 13.0. The summed E-state index contributed by atoms with van der Waals surface area (Å²) in [5, 5.41) is 3.60. The van der Waals surface area contributed by atoms with E-state index in [1.54, 1.807) is 19.9 Å². The Balaban J connectivity index is 2.19. The van der Waals surface area contributed by atoms with Gasteiger partial charge in [0.1, 0.15) is 5.82 Å². The molecule has 2 aromatic rings. The lowest BCUT2D eigenvalue weighted by atomic mass is 10.2. The predicted molar refractivity (Wildman–Crippen MR) is 77.0 cm³/mol. The van der Waals surface area contributed by atoms with Gasteiger partial charge in [-0.2, -0.15) is 0 Å². The highest BCUT2D eigenvalue weighted by molar-refractivity contribution is 7.92. The number of benzene rings is 1. The molecular weight excluding hydrogens is 287 g/mol. The molecule has 7 heteroatoms. The Morgan fingerprint density at radius 2 is 2.11 bits per heavy atom. The second kappa shape index (κ2) is 4.72. The third kappa shape index (κ3) is 3.03. The van der Waals surface area contributed by atoms with Gasteiger partial charge >= 0.3 is 0 Å². The molecule has 0 atom stereocenters. The molecule has 19 heavy (non-hydrogen) atoms. The number of hydrogen-bond donors (Lipinski definition) is 1. The Kier molecular flexibility index (Phi) is 3.53. The Hall–Kier alpha value is -1.21. The summed E-state index contributed by atoms with van der Waals surface area (Å²) in [6.07, 6.45) is 1.21. The number of anilines is 1. The Bertz CT molecular complexity index is 708. The van der Waals surface area contributed by atoms with Crippen molar-refractivity contribution < 1.29 is 12.8 Å². The summed E-state index contributed by atoms with van der Waals surface area (Å²) in [6.45, 7) is 3.57. The molecule has 0 saturated heterocycles. The molecule has 0 aliphatic heterocycles. The van der Waals surface area contributed by atoms with E-state index in [0.29, 0.717) is 10.6 Å². The van der Waals surface area contributed by atoms with Gasteiger partial charge in [0.2, 0.25) is 0 Å². The summed E-state index contributed by atoms with van der Waals surface area (Å²) >= 11 is 1.37. The van der Waals surface area contributed by atoms with Crippen molar-refractivity contribution in [3.63, 3.8) is 0 Å². The molecule has 2 rings (SSSR count). The van der Waals surface area contributed by atoms with Gasteiger partial charge < -0.3 is 5.32 Å². The van der Waals surface area contributed by atoms with E-state index in [1.165, 1.54) is 29.7 Å². The van der Waals surface area contributed by atoms with Crippen molar-refractivity contribution in [3.8, 4) is 0 Å². The van der Waals surface area contributed by atoms with Crippen LogP contribution in [0.5, 0.6) is 0 Å². The minimum Gasteiger partial charge on any atom is -0.360 e. The van der Waals surface area contributed by atoms with Crippen LogP contribution in [-0.2, 0) is 9.84 Å². The SMILES string of the molecule is CC(C)(CNc1nc2cc(F)ccc2s1)S(C)(=O)=O. The lowest BCUT2D eigenvalue weighted by Gasteiger charge is -2.22. The van der Waals surface area contributed by atoms with E-state index in [9.17, 15) is 12.8 Å². The molecule has 0 spiro atoms. The van der Waals surface area contributed by atoms with Crippen LogP contribution in [0, 0.1) is 5.82 Å². The molecule has 0 radical (unpaired) electrons. The van der Waals surface area contributed by atoms with Crippen molar-refractivity contribution in [3.05, 3.63) is 24.0 Å². The topological polar surface area (TPSA) is 59.1 Å². The number of nitrogens with zero attached hydrogens (tertiary/aromatic N) is 1.